The SMILES string of the molecule is CC(C)(C)OC(=O)N[C@H](Cc1ccc(Cl)cc1)C(=O)N1CCN(c2ccccc2NS(=O)(=O)CCC2CC2)CC1. The maximum Gasteiger partial charge on any atom is 0.408 e. The monoisotopic (exact) mass is 590 g/mol. The van der Waals surface area contributed by atoms with Gasteiger partial charge >= 0.3 is 6.09 Å². The van der Waals surface area contributed by atoms with Crippen LogP contribution in [0.1, 0.15) is 45.6 Å². The Bertz CT molecular complexity index is 1280. The van der Waals surface area contributed by atoms with Gasteiger partial charge in [0.1, 0.15) is 11.6 Å². The number of anilines is 2. The molecule has 2 amide bonds. The first kappa shape index (κ1) is 30.0. The molecule has 0 aromatic heterocycles. The number of carbonyl (C=O) groups excluding carboxylic acids is 2. The molecular weight excluding hydrogens is 552 g/mol. The number of piperazine rings is 1. The average molecular weight is 591 g/mol. The minimum atomic E-state index is -3.45. The Morgan fingerprint density at radius 2 is 1.68 bits per heavy atom. The lowest BCUT2D eigenvalue weighted by Crippen LogP contribution is -2.56. The van der Waals surface area contributed by atoms with Crippen LogP contribution in [-0.4, -0.2) is 68.9 Å². The highest BCUT2D eigenvalue weighted by Crippen LogP contribution is 2.33. The van der Waals surface area contributed by atoms with Crippen LogP contribution in [0, 0.1) is 5.92 Å². The Morgan fingerprint density at radius 1 is 1.02 bits per heavy atom. The van der Waals surface area contributed by atoms with E-state index in [1.165, 1.54) is 0 Å². The predicted octanol–water partition coefficient (Wildman–Crippen LogP) is 4.67. The zero-order valence-corrected chi connectivity index (χ0v) is 24.9. The summed E-state index contributed by atoms with van der Waals surface area (Å²) >= 11 is 6.02. The van der Waals surface area contributed by atoms with Gasteiger partial charge in [-0.05, 0) is 62.9 Å². The van der Waals surface area contributed by atoms with Crippen LogP contribution in [0.25, 0.3) is 0 Å². The third-order valence-corrected chi connectivity index (χ3v) is 8.49. The molecule has 4 rings (SSSR count). The number of nitrogens with zero attached hydrogens (tertiary/aromatic N) is 2. The summed E-state index contributed by atoms with van der Waals surface area (Å²) in [5.41, 5.74) is 1.50. The number of para-hydroxylation sites is 2. The molecule has 40 heavy (non-hydrogen) atoms. The van der Waals surface area contributed by atoms with Crippen molar-refractivity contribution in [2.75, 3.05) is 41.6 Å². The second-order valence-corrected chi connectivity index (χ2v) is 13.8. The smallest absolute Gasteiger partial charge is 0.408 e. The number of benzene rings is 2. The van der Waals surface area contributed by atoms with Crippen LogP contribution < -0.4 is 14.9 Å². The number of hydrogen-bond donors (Lipinski definition) is 2. The fourth-order valence-electron chi connectivity index (χ4n) is 4.68. The van der Waals surface area contributed by atoms with Gasteiger partial charge in [0.25, 0.3) is 0 Å². The van der Waals surface area contributed by atoms with E-state index in [0.29, 0.717) is 55.6 Å². The molecule has 1 aliphatic carbocycles. The van der Waals surface area contributed by atoms with Crippen LogP contribution in [0.5, 0.6) is 0 Å². The summed E-state index contributed by atoms with van der Waals surface area (Å²) < 4.78 is 33.6. The zero-order valence-electron chi connectivity index (χ0n) is 23.4. The summed E-state index contributed by atoms with van der Waals surface area (Å²) in [7, 11) is -3.45. The second kappa shape index (κ2) is 12.7. The zero-order chi connectivity index (χ0) is 28.9. The highest BCUT2D eigenvalue weighted by Gasteiger charge is 2.31. The van der Waals surface area contributed by atoms with Gasteiger partial charge < -0.3 is 19.9 Å². The standard InChI is InChI=1S/C29H39ClN4O5S/c1-29(2,3)39-28(36)31-25(20-22-10-12-23(30)13-11-22)27(35)34-17-15-33(16-18-34)26-7-5-4-6-24(26)32-40(37,38)19-14-21-8-9-21/h4-7,10-13,21,25,32H,8-9,14-20H2,1-3H3,(H,31,36)/t25-/m1/s1. The summed E-state index contributed by atoms with van der Waals surface area (Å²) in [6, 6.07) is 13.7. The molecule has 2 aromatic carbocycles. The van der Waals surface area contributed by atoms with E-state index in [4.69, 9.17) is 16.3 Å². The van der Waals surface area contributed by atoms with Gasteiger partial charge in [0.2, 0.25) is 15.9 Å². The molecule has 2 aromatic rings. The highest BCUT2D eigenvalue weighted by molar-refractivity contribution is 7.92. The minimum Gasteiger partial charge on any atom is -0.444 e. The Morgan fingerprint density at radius 3 is 2.30 bits per heavy atom. The van der Waals surface area contributed by atoms with Gasteiger partial charge in [0.15, 0.2) is 0 Å². The quantitative estimate of drug-likeness (QED) is 0.416. The number of carbonyl (C=O) groups is 2. The fourth-order valence-corrected chi connectivity index (χ4v) is 6.06. The molecule has 0 bridgehead atoms. The van der Waals surface area contributed by atoms with E-state index in [2.05, 4.69) is 14.9 Å². The normalized spacial score (nSPS) is 16.8. The molecule has 2 N–H and O–H groups in total. The largest absolute Gasteiger partial charge is 0.444 e. The number of rotatable bonds is 10. The number of hydrogen-bond acceptors (Lipinski definition) is 6. The molecule has 1 aliphatic heterocycles. The van der Waals surface area contributed by atoms with E-state index in [1.807, 2.05) is 30.3 Å². The Balaban J connectivity index is 1.41. The first-order valence-corrected chi connectivity index (χ1v) is 15.8. The number of halogens is 1. The van der Waals surface area contributed by atoms with Gasteiger partial charge in [-0.25, -0.2) is 13.2 Å². The Kier molecular flexibility index (Phi) is 9.51. The lowest BCUT2D eigenvalue weighted by Gasteiger charge is -2.38. The van der Waals surface area contributed by atoms with E-state index in [-0.39, 0.29) is 11.7 Å². The lowest BCUT2D eigenvalue weighted by molar-refractivity contribution is -0.133. The van der Waals surface area contributed by atoms with Crippen molar-refractivity contribution in [2.45, 2.75) is 58.1 Å². The summed E-state index contributed by atoms with van der Waals surface area (Å²) in [5.74, 6) is 0.453. The van der Waals surface area contributed by atoms with Crippen molar-refractivity contribution in [3.8, 4) is 0 Å². The predicted molar refractivity (Wildman–Crippen MR) is 158 cm³/mol. The molecule has 1 saturated carbocycles. The van der Waals surface area contributed by atoms with Gasteiger partial charge in [-0.1, -0.05) is 48.7 Å². The molecule has 1 heterocycles. The summed E-state index contributed by atoms with van der Waals surface area (Å²) in [6.07, 6.45) is 2.56. The third kappa shape index (κ3) is 9.02. The summed E-state index contributed by atoms with van der Waals surface area (Å²) in [4.78, 5) is 30.0. The first-order chi connectivity index (χ1) is 18.9. The summed E-state index contributed by atoms with van der Waals surface area (Å²) in [5, 5.41) is 3.35. The van der Waals surface area contributed by atoms with E-state index in [1.54, 1.807) is 43.9 Å². The highest BCUT2D eigenvalue weighted by atomic mass is 35.5. The van der Waals surface area contributed by atoms with E-state index < -0.39 is 27.8 Å². The van der Waals surface area contributed by atoms with E-state index in [9.17, 15) is 18.0 Å². The van der Waals surface area contributed by atoms with Crippen molar-refractivity contribution in [3.63, 3.8) is 0 Å². The molecule has 9 nitrogen and oxygen atoms in total. The molecule has 1 saturated heterocycles. The van der Waals surface area contributed by atoms with Crippen molar-refractivity contribution in [1.29, 1.82) is 0 Å². The topological polar surface area (TPSA) is 108 Å². The number of amides is 2. The number of alkyl carbamates (subject to hydrolysis) is 1. The van der Waals surface area contributed by atoms with Gasteiger partial charge in [-0.2, -0.15) is 0 Å². The van der Waals surface area contributed by atoms with Crippen LogP contribution in [0.4, 0.5) is 16.2 Å². The van der Waals surface area contributed by atoms with Crippen molar-refractivity contribution in [3.05, 3.63) is 59.1 Å². The van der Waals surface area contributed by atoms with E-state index >= 15 is 0 Å². The maximum absolute atomic E-state index is 13.6. The number of nitrogens with one attached hydrogen (secondary N) is 2. The number of ether oxygens (including phenoxy) is 1. The lowest BCUT2D eigenvalue weighted by atomic mass is 10.0. The molecular formula is C29H39ClN4O5S. The molecule has 0 unspecified atom stereocenters. The van der Waals surface area contributed by atoms with Crippen molar-refractivity contribution in [1.82, 2.24) is 10.2 Å². The molecule has 218 valence electrons. The minimum absolute atomic E-state index is 0.119. The fraction of sp³-hybridized carbons (Fsp3) is 0.517. The first-order valence-electron chi connectivity index (χ1n) is 13.8. The van der Waals surface area contributed by atoms with Gasteiger partial charge in [-0.3, -0.25) is 9.52 Å². The van der Waals surface area contributed by atoms with E-state index in [0.717, 1.165) is 24.1 Å². The van der Waals surface area contributed by atoms with Gasteiger partial charge in [-0.15, -0.1) is 0 Å². The Hall–Kier alpha value is -2.98. The Labute approximate surface area is 242 Å². The average Bonchev–Trinajstić information content (AvgIpc) is 3.72. The van der Waals surface area contributed by atoms with Crippen LogP contribution in [0.3, 0.4) is 0 Å². The van der Waals surface area contributed by atoms with Gasteiger partial charge in [0.05, 0.1) is 17.1 Å². The second-order valence-electron chi connectivity index (χ2n) is 11.5. The third-order valence-electron chi connectivity index (χ3n) is 6.94. The molecule has 2 aliphatic rings. The van der Waals surface area contributed by atoms with Crippen molar-refractivity contribution >= 4 is 45.0 Å². The summed E-state index contributed by atoms with van der Waals surface area (Å²) in [6.45, 7) is 7.20. The maximum atomic E-state index is 13.6. The van der Waals surface area contributed by atoms with Crippen LogP contribution in [0.15, 0.2) is 48.5 Å². The molecule has 1 atom stereocenters. The van der Waals surface area contributed by atoms with Crippen LogP contribution >= 0.6 is 11.6 Å². The number of sulfonamides is 1. The molecule has 0 radical (unpaired) electrons. The van der Waals surface area contributed by atoms with Crippen molar-refractivity contribution in [2.24, 2.45) is 5.92 Å². The van der Waals surface area contributed by atoms with Gasteiger partial charge in [0, 0.05) is 37.6 Å². The molecule has 0 spiro atoms. The molecule has 2 fully saturated rings. The van der Waals surface area contributed by atoms with Crippen LogP contribution in [0.2, 0.25) is 5.02 Å². The molecule has 11 heteroatoms. The van der Waals surface area contributed by atoms with Crippen LogP contribution in [-0.2, 0) is 26.0 Å². The van der Waals surface area contributed by atoms with Crippen molar-refractivity contribution < 1.29 is 22.7 Å².